The lowest BCUT2D eigenvalue weighted by Crippen LogP contribution is -2.64. The molecule has 1 aliphatic carbocycles. The normalized spacial score (nSPS) is 39.7. The van der Waals surface area contributed by atoms with Crippen LogP contribution in [0, 0.1) is 29.6 Å². The Labute approximate surface area is 358 Å². The minimum absolute atomic E-state index is 0.00852. The van der Waals surface area contributed by atoms with Crippen LogP contribution in [0.4, 0.5) is 0 Å². The fraction of sp³-hybridized carbons (Fsp3) is 0.787. The van der Waals surface area contributed by atoms with Crippen LogP contribution in [-0.4, -0.2) is 126 Å². The Kier molecular flexibility index (Phi) is 19.2. The summed E-state index contributed by atoms with van der Waals surface area (Å²) in [7, 11) is 4.64. The number of hydrogen-bond acceptors (Lipinski definition) is 12. The van der Waals surface area contributed by atoms with E-state index in [2.05, 4.69) is 19.9 Å². The maximum absolute atomic E-state index is 14.4. The summed E-state index contributed by atoms with van der Waals surface area (Å²) in [6.45, 7) is 11.4. The van der Waals surface area contributed by atoms with Gasteiger partial charge in [-0.1, -0.05) is 64.0 Å². The number of nitrogens with zero attached hydrogens (tertiary/aromatic N) is 1. The number of ketones is 2. The number of cyclic esters (lactones) is 1. The SMILES string of the molecule is CCC/C=C\C[C@@H]1/C=C(\C)C[C@H](C)C[C@H](OC)[C@H]2O[C@@](O)(C(=O)C(=O)N3CCCC[C@H]3C(=O)O[C@H](/C(C)=C/[C@@H]3CC[C@@H](O)[C@H](OC)C3)[C@H](C)[C@@H](O)CC1=O)[C@H](C)C[C@@H]2OC. The first-order valence-electron chi connectivity index (χ1n) is 22.4. The first kappa shape index (κ1) is 49.9. The summed E-state index contributed by atoms with van der Waals surface area (Å²) in [5.41, 5.74) is 1.65. The van der Waals surface area contributed by atoms with Crippen LogP contribution in [0.15, 0.2) is 35.5 Å². The summed E-state index contributed by atoms with van der Waals surface area (Å²) in [5.74, 6) is -7.64. The van der Waals surface area contributed by atoms with Crippen LogP contribution in [0.5, 0.6) is 0 Å². The number of rotatable bonds is 9. The molecule has 0 radical (unpaired) electrons. The first-order chi connectivity index (χ1) is 28.5. The van der Waals surface area contributed by atoms with Crippen LogP contribution in [0.1, 0.15) is 125 Å². The molecule has 3 aliphatic heterocycles. The number of allylic oxidation sites excluding steroid dienone is 5. The van der Waals surface area contributed by atoms with Crippen molar-refractivity contribution < 1.29 is 58.2 Å². The lowest BCUT2D eigenvalue weighted by molar-refractivity contribution is -0.302. The molecule has 4 rings (SSSR count). The van der Waals surface area contributed by atoms with Crippen molar-refractivity contribution in [3.63, 3.8) is 0 Å². The van der Waals surface area contributed by atoms with Gasteiger partial charge in [-0.25, -0.2) is 4.79 Å². The molecule has 60 heavy (non-hydrogen) atoms. The third-order valence-corrected chi connectivity index (χ3v) is 13.5. The van der Waals surface area contributed by atoms with Gasteiger partial charge in [-0.3, -0.25) is 14.4 Å². The van der Waals surface area contributed by atoms with E-state index in [0.29, 0.717) is 56.9 Å². The van der Waals surface area contributed by atoms with Crippen molar-refractivity contribution in [2.24, 2.45) is 29.6 Å². The number of carbonyl (C=O) groups excluding carboxylic acids is 4. The standard InChI is InChI=1S/C47H75NO12/c1-10-11-12-13-16-34-22-28(2)21-29(3)23-40(57-8)43-41(58-9)25-31(5)47(55,60-43)44(52)45(53)48-20-15-14-17-35(48)46(54)59-42(32(6)37(50)27-38(34)51)30(4)24-33-18-19-36(49)39(26-33)56-7/h12-13,22,24,29,31-37,39-43,49-50,55H,10-11,14-21,23,25-27H2,1-9H3/b13-12-,28-22+,30-24+/t29-,31+,32+,33-,34+,35-,36+,37-,39+,40-,41-,42+,43+,47+/m0/s1. The fourth-order valence-electron chi connectivity index (χ4n) is 9.77. The minimum atomic E-state index is -2.51. The number of methoxy groups -OCH3 is 3. The van der Waals surface area contributed by atoms with Gasteiger partial charge in [0, 0.05) is 52.0 Å². The smallest absolute Gasteiger partial charge is 0.329 e. The molecule has 0 unspecified atom stereocenters. The number of aliphatic hydroxyl groups excluding tert-OH is 2. The average Bonchev–Trinajstić information content (AvgIpc) is 3.23. The molecule has 2 saturated heterocycles. The Balaban J connectivity index is 1.79. The summed E-state index contributed by atoms with van der Waals surface area (Å²) in [4.78, 5) is 58.3. The second-order valence-electron chi connectivity index (χ2n) is 18.2. The van der Waals surface area contributed by atoms with Crippen molar-refractivity contribution in [1.29, 1.82) is 0 Å². The van der Waals surface area contributed by atoms with E-state index in [4.69, 9.17) is 23.7 Å². The van der Waals surface area contributed by atoms with Crippen LogP contribution in [-0.2, 0) is 42.9 Å². The van der Waals surface area contributed by atoms with Gasteiger partial charge in [0.25, 0.3) is 11.7 Å². The van der Waals surface area contributed by atoms with E-state index in [1.54, 1.807) is 21.0 Å². The van der Waals surface area contributed by atoms with Gasteiger partial charge >= 0.3 is 5.97 Å². The van der Waals surface area contributed by atoms with Crippen molar-refractivity contribution in [2.75, 3.05) is 27.9 Å². The van der Waals surface area contributed by atoms with E-state index >= 15 is 0 Å². The molecular weight excluding hydrogens is 771 g/mol. The van der Waals surface area contributed by atoms with Gasteiger partial charge in [-0.2, -0.15) is 0 Å². The second kappa shape index (κ2) is 23.1. The summed E-state index contributed by atoms with van der Waals surface area (Å²) in [6.07, 6.45) is 9.48. The summed E-state index contributed by atoms with van der Waals surface area (Å²) >= 11 is 0. The zero-order valence-corrected chi connectivity index (χ0v) is 37.7. The molecule has 0 aromatic carbocycles. The zero-order valence-electron chi connectivity index (χ0n) is 37.7. The molecular formula is C47H75NO12. The number of hydrogen-bond donors (Lipinski definition) is 3. The number of aliphatic hydroxyl groups is 3. The molecule has 340 valence electrons. The third kappa shape index (κ3) is 12.4. The molecule has 13 nitrogen and oxygen atoms in total. The molecule has 1 amide bonds. The minimum Gasteiger partial charge on any atom is -0.456 e. The Morgan fingerprint density at radius 1 is 0.900 bits per heavy atom. The van der Waals surface area contributed by atoms with Gasteiger partial charge in [0.05, 0.1) is 30.5 Å². The molecule has 13 heteroatoms. The molecule has 3 N–H and O–H groups in total. The highest BCUT2D eigenvalue weighted by Gasteiger charge is 2.56. The highest BCUT2D eigenvalue weighted by molar-refractivity contribution is 6.39. The topological polar surface area (TPSA) is 178 Å². The molecule has 0 aromatic rings. The van der Waals surface area contributed by atoms with Crippen molar-refractivity contribution in [2.45, 2.75) is 180 Å². The Morgan fingerprint density at radius 3 is 2.25 bits per heavy atom. The molecule has 2 bridgehead atoms. The molecule has 1 saturated carbocycles. The number of carbonyl (C=O) groups is 4. The summed E-state index contributed by atoms with van der Waals surface area (Å²) < 4.78 is 29.9. The van der Waals surface area contributed by atoms with Crippen molar-refractivity contribution in [1.82, 2.24) is 4.90 Å². The highest BCUT2D eigenvalue weighted by atomic mass is 16.7. The Bertz CT molecular complexity index is 1540. The monoisotopic (exact) mass is 846 g/mol. The third-order valence-electron chi connectivity index (χ3n) is 13.5. The van der Waals surface area contributed by atoms with Gasteiger partial charge in [0.15, 0.2) is 0 Å². The van der Waals surface area contributed by atoms with E-state index < -0.39 is 83.9 Å². The number of amides is 1. The summed E-state index contributed by atoms with van der Waals surface area (Å²) in [6, 6.07) is -1.14. The Hall–Kier alpha value is -2.78. The lowest BCUT2D eigenvalue weighted by Gasteiger charge is -2.47. The maximum Gasteiger partial charge on any atom is 0.329 e. The molecule has 3 fully saturated rings. The van der Waals surface area contributed by atoms with Gasteiger partial charge in [0.1, 0.15) is 24.0 Å². The molecule has 4 aliphatic rings. The fourth-order valence-corrected chi connectivity index (χ4v) is 9.77. The number of ether oxygens (including phenoxy) is 5. The average molecular weight is 846 g/mol. The summed E-state index contributed by atoms with van der Waals surface area (Å²) in [5, 5.41) is 34.4. The lowest BCUT2D eigenvalue weighted by atomic mass is 9.81. The zero-order chi connectivity index (χ0) is 44.3. The van der Waals surface area contributed by atoms with E-state index in [1.807, 2.05) is 32.1 Å². The highest BCUT2D eigenvalue weighted by Crippen LogP contribution is 2.39. The van der Waals surface area contributed by atoms with Gasteiger partial charge in [-0.05, 0) is 102 Å². The van der Waals surface area contributed by atoms with Crippen LogP contribution in [0.25, 0.3) is 0 Å². The number of Topliss-reactive ketones (excluding diaryl/α,β-unsaturated/α-hetero) is 2. The van der Waals surface area contributed by atoms with Crippen LogP contribution in [0.3, 0.4) is 0 Å². The maximum atomic E-state index is 14.4. The second-order valence-corrected chi connectivity index (χ2v) is 18.2. The predicted molar refractivity (Wildman–Crippen MR) is 226 cm³/mol. The predicted octanol–water partition coefficient (Wildman–Crippen LogP) is 5.81. The van der Waals surface area contributed by atoms with Crippen LogP contribution < -0.4 is 0 Å². The quantitative estimate of drug-likeness (QED) is 0.144. The van der Waals surface area contributed by atoms with Crippen molar-refractivity contribution >= 4 is 23.4 Å². The van der Waals surface area contributed by atoms with Crippen molar-refractivity contribution in [3.8, 4) is 0 Å². The number of esters is 1. The van der Waals surface area contributed by atoms with Crippen molar-refractivity contribution in [3.05, 3.63) is 35.5 Å². The molecule has 0 aromatic heterocycles. The number of unbranched alkanes of at least 4 members (excludes halogenated alkanes) is 1. The van der Waals surface area contributed by atoms with E-state index in [0.717, 1.165) is 18.4 Å². The van der Waals surface area contributed by atoms with E-state index in [-0.39, 0.29) is 49.5 Å². The molecule has 3 heterocycles. The molecule has 0 spiro atoms. The van der Waals surface area contributed by atoms with E-state index in [9.17, 15) is 34.5 Å². The Morgan fingerprint density at radius 2 is 1.58 bits per heavy atom. The van der Waals surface area contributed by atoms with E-state index in [1.165, 1.54) is 19.1 Å². The number of fused-ring (bicyclic) bond motifs is 3. The van der Waals surface area contributed by atoms with Crippen LogP contribution >= 0.6 is 0 Å². The number of piperidine rings is 1. The van der Waals surface area contributed by atoms with Gasteiger partial charge in [-0.15, -0.1) is 0 Å². The molecule has 14 atom stereocenters. The van der Waals surface area contributed by atoms with Gasteiger partial charge < -0.3 is 43.9 Å². The van der Waals surface area contributed by atoms with Crippen LogP contribution in [0.2, 0.25) is 0 Å². The first-order valence-corrected chi connectivity index (χ1v) is 22.4. The largest absolute Gasteiger partial charge is 0.456 e. The van der Waals surface area contributed by atoms with Gasteiger partial charge in [0.2, 0.25) is 5.79 Å².